The van der Waals surface area contributed by atoms with Crippen LogP contribution >= 0.6 is 0 Å². The first-order valence-corrected chi connectivity index (χ1v) is 24.6. The van der Waals surface area contributed by atoms with E-state index in [0.717, 1.165) is 0 Å². The van der Waals surface area contributed by atoms with Gasteiger partial charge in [0.25, 0.3) is 40.5 Å². The topological polar surface area (TPSA) is 258 Å². The van der Waals surface area contributed by atoms with Crippen LogP contribution in [0.25, 0.3) is 0 Å². The molecule has 4 N–H and O–H groups in total. The maximum Gasteiger partial charge on any atom is 0.294 e. The minimum atomic E-state index is -4.69. The number of hydrogen-bond donors (Lipinski definition) is 4. The highest BCUT2D eigenvalue weighted by Gasteiger charge is 2.44. The standard InChI is InChI=1S/C38H55NO16S4/c1-29-11-12-31(58(46,47)48)27-33(29)37(3,16-18-53-21-22-55-24-23-54-20-19-52-5)30(2)9-6-10-36-38(4,15-7-25-56(40,41)42)34-28-32(59(49,50)51)13-14-35(34)39(36)17-8-26-57(43,44)45/h6,9-14,27-28H,2,7-8,15-26H2,1,3-5H3,(H,40,41,42)(H,43,44,45)(H,46,47,48)(H,49,50,51)/b9-6+,36-10+. The van der Waals surface area contributed by atoms with Gasteiger partial charge in [-0.05, 0) is 98.2 Å². The summed E-state index contributed by atoms with van der Waals surface area (Å²) in [6.45, 7) is 12.0. The molecule has 1 aliphatic heterocycles. The van der Waals surface area contributed by atoms with Gasteiger partial charge in [-0.1, -0.05) is 31.7 Å². The van der Waals surface area contributed by atoms with E-state index in [1.165, 1.54) is 30.3 Å². The minimum absolute atomic E-state index is 0.00769. The van der Waals surface area contributed by atoms with Crippen LogP contribution in [0.3, 0.4) is 0 Å². The number of benzene rings is 2. The predicted molar refractivity (Wildman–Crippen MR) is 221 cm³/mol. The summed E-state index contributed by atoms with van der Waals surface area (Å²) in [5, 5.41) is 0. The van der Waals surface area contributed by atoms with Crippen LogP contribution in [0.5, 0.6) is 0 Å². The molecular weight excluding hydrogens is 855 g/mol. The maximum absolute atomic E-state index is 12.2. The molecule has 0 spiro atoms. The van der Waals surface area contributed by atoms with Gasteiger partial charge < -0.3 is 23.8 Å². The molecule has 3 rings (SSSR count). The number of aryl methyl sites for hydroxylation is 1. The van der Waals surface area contributed by atoms with Gasteiger partial charge in [0.1, 0.15) is 0 Å². The van der Waals surface area contributed by atoms with Gasteiger partial charge in [0, 0.05) is 42.5 Å². The SMILES string of the molecule is C=C(/C=C/C=C1/N(CCCS(=O)(=O)O)c2ccc(S(=O)(=O)O)cc2C1(C)CCCS(=O)(=O)O)C(C)(CCOCCOCCOCCOC)c1cc(S(=O)(=O)O)ccc1C. The number of anilines is 1. The van der Waals surface area contributed by atoms with Crippen molar-refractivity contribution in [2.45, 2.75) is 67.1 Å². The first kappa shape index (κ1) is 50.3. The molecule has 0 saturated heterocycles. The molecule has 0 aliphatic carbocycles. The number of allylic oxidation sites excluding steroid dienone is 5. The lowest BCUT2D eigenvalue weighted by Crippen LogP contribution is -2.30. The van der Waals surface area contributed by atoms with Crippen molar-refractivity contribution in [1.82, 2.24) is 0 Å². The fourth-order valence-corrected chi connectivity index (χ4v) is 8.95. The largest absolute Gasteiger partial charge is 0.382 e. The molecule has 0 fully saturated rings. The van der Waals surface area contributed by atoms with Crippen LogP contribution in [0, 0.1) is 6.92 Å². The Hall–Kier alpha value is -3.06. The van der Waals surface area contributed by atoms with Crippen molar-refractivity contribution >= 4 is 46.2 Å². The van der Waals surface area contributed by atoms with E-state index in [1.54, 1.807) is 50.2 Å². The molecule has 59 heavy (non-hydrogen) atoms. The van der Waals surface area contributed by atoms with Crippen LogP contribution in [-0.4, -0.2) is 123 Å². The summed E-state index contributed by atoms with van der Waals surface area (Å²) >= 11 is 0. The van der Waals surface area contributed by atoms with E-state index in [2.05, 4.69) is 6.58 Å². The van der Waals surface area contributed by atoms with E-state index < -0.39 is 67.7 Å². The Morgan fingerprint density at radius 1 is 0.780 bits per heavy atom. The highest BCUT2D eigenvalue weighted by Crippen LogP contribution is 2.51. The molecule has 0 amide bonds. The zero-order valence-corrected chi connectivity index (χ0v) is 36.8. The van der Waals surface area contributed by atoms with Crippen molar-refractivity contribution in [1.29, 1.82) is 0 Å². The first-order valence-electron chi connectivity index (χ1n) is 18.5. The van der Waals surface area contributed by atoms with Gasteiger partial charge in [0.15, 0.2) is 0 Å². The summed E-state index contributed by atoms with van der Waals surface area (Å²) in [6, 6.07) is 8.08. The smallest absolute Gasteiger partial charge is 0.294 e. The zero-order chi connectivity index (χ0) is 44.3. The van der Waals surface area contributed by atoms with Gasteiger partial charge in [-0.15, -0.1) is 0 Å². The lowest BCUT2D eigenvalue weighted by Gasteiger charge is -2.33. The lowest BCUT2D eigenvalue weighted by molar-refractivity contribution is 0.00219. The molecule has 17 nitrogen and oxygen atoms in total. The molecule has 2 aromatic carbocycles. The molecule has 0 radical (unpaired) electrons. The number of rotatable bonds is 26. The fraction of sp³-hybridized carbons (Fsp3) is 0.526. The molecule has 0 bridgehead atoms. The van der Waals surface area contributed by atoms with E-state index >= 15 is 0 Å². The van der Waals surface area contributed by atoms with Gasteiger partial charge >= 0.3 is 0 Å². The van der Waals surface area contributed by atoms with Crippen molar-refractivity contribution in [3.8, 4) is 0 Å². The Kier molecular flexibility index (Phi) is 18.0. The number of methoxy groups -OCH3 is 1. The molecule has 2 aromatic rings. The van der Waals surface area contributed by atoms with Crippen molar-refractivity contribution < 1.29 is 70.8 Å². The van der Waals surface area contributed by atoms with Gasteiger partial charge in [-0.3, -0.25) is 18.2 Å². The first-order chi connectivity index (χ1) is 27.3. The van der Waals surface area contributed by atoms with Crippen molar-refractivity contribution in [2.24, 2.45) is 0 Å². The van der Waals surface area contributed by atoms with Crippen molar-refractivity contribution in [2.75, 3.05) is 76.3 Å². The third kappa shape index (κ3) is 14.8. The number of nitrogens with zero attached hydrogens (tertiary/aromatic N) is 1. The van der Waals surface area contributed by atoms with Crippen molar-refractivity contribution in [3.63, 3.8) is 0 Å². The lowest BCUT2D eigenvalue weighted by atomic mass is 9.72. The average molecular weight is 910 g/mol. The molecule has 332 valence electrons. The van der Waals surface area contributed by atoms with Crippen LogP contribution in [0.1, 0.15) is 56.2 Å². The number of hydrogen-bond acceptors (Lipinski definition) is 13. The Labute approximate surface area is 348 Å². The van der Waals surface area contributed by atoms with Gasteiger partial charge in [0.2, 0.25) is 0 Å². The fourth-order valence-electron chi connectivity index (χ4n) is 6.93. The van der Waals surface area contributed by atoms with Crippen molar-refractivity contribution in [3.05, 3.63) is 89.2 Å². The van der Waals surface area contributed by atoms with Crippen LogP contribution in [0.2, 0.25) is 0 Å². The Bertz CT molecular complexity index is 2290. The quantitative estimate of drug-likeness (QED) is 0.0573. The minimum Gasteiger partial charge on any atom is -0.382 e. The number of ether oxygens (including phenoxy) is 4. The number of fused-ring (bicyclic) bond motifs is 1. The van der Waals surface area contributed by atoms with Crippen LogP contribution in [-0.2, 0) is 70.2 Å². The summed E-state index contributed by atoms with van der Waals surface area (Å²) in [5.74, 6) is -1.21. The Morgan fingerprint density at radius 2 is 1.31 bits per heavy atom. The third-order valence-electron chi connectivity index (χ3n) is 10.2. The Morgan fingerprint density at radius 3 is 1.86 bits per heavy atom. The second kappa shape index (κ2) is 21.1. The molecule has 2 atom stereocenters. The van der Waals surface area contributed by atoms with E-state index in [9.17, 15) is 51.9 Å². The molecule has 0 aromatic heterocycles. The second-order valence-electron chi connectivity index (χ2n) is 14.5. The third-order valence-corrected chi connectivity index (χ3v) is 13.5. The summed E-state index contributed by atoms with van der Waals surface area (Å²) in [6.07, 6.45) is 5.16. The summed E-state index contributed by atoms with van der Waals surface area (Å²) in [5.41, 5.74) is 0.824. The Balaban J connectivity index is 2.05. The van der Waals surface area contributed by atoms with Gasteiger partial charge in [-0.25, -0.2) is 0 Å². The van der Waals surface area contributed by atoms with Crippen LogP contribution < -0.4 is 4.90 Å². The summed E-state index contributed by atoms with van der Waals surface area (Å²) in [4.78, 5) is 0.953. The predicted octanol–water partition coefficient (Wildman–Crippen LogP) is 4.55. The molecule has 2 unspecified atom stereocenters. The van der Waals surface area contributed by atoms with Crippen LogP contribution in [0.15, 0.2) is 82.3 Å². The second-order valence-corrected chi connectivity index (χ2v) is 20.5. The zero-order valence-electron chi connectivity index (χ0n) is 33.6. The van der Waals surface area contributed by atoms with E-state index in [0.29, 0.717) is 66.5 Å². The van der Waals surface area contributed by atoms with Gasteiger partial charge in [0.05, 0.1) is 60.9 Å². The molecule has 0 saturated carbocycles. The molecule has 1 aliphatic rings. The monoisotopic (exact) mass is 909 g/mol. The molecule has 1 heterocycles. The highest BCUT2D eigenvalue weighted by molar-refractivity contribution is 7.86. The summed E-state index contributed by atoms with van der Waals surface area (Å²) < 4.78 is 156. The summed E-state index contributed by atoms with van der Waals surface area (Å²) in [7, 11) is -16.4. The normalized spacial score (nSPS) is 18.1. The van der Waals surface area contributed by atoms with E-state index in [4.69, 9.17) is 18.9 Å². The molecular formula is C38H55NO16S4. The molecule has 21 heteroatoms. The van der Waals surface area contributed by atoms with Gasteiger partial charge in [-0.2, -0.15) is 33.7 Å². The van der Waals surface area contributed by atoms with E-state index in [1.807, 2.05) is 6.92 Å². The highest BCUT2D eigenvalue weighted by atomic mass is 32.2. The van der Waals surface area contributed by atoms with E-state index in [-0.39, 0.29) is 50.5 Å². The average Bonchev–Trinajstić information content (AvgIpc) is 3.34. The maximum atomic E-state index is 12.2. The van der Waals surface area contributed by atoms with Crippen LogP contribution in [0.4, 0.5) is 5.69 Å².